The summed E-state index contributed by atoms with van der Waals surface area (Å²) in [5.74, 6) is 1.68. The Labute approximate surface area is 131 Å². The zero-order chi connectivity index (χ0) is 15.0. The van der Waals surface area contributed by atoms with Gasteiger partial charge in [-0.1, -0.05) is 0 Å². The average molecular weight is 331 g/mol. The van der Waals surface area contributed by atoms with E-state index >= 15 is 0 Å². The number of hydrogen-bond acceptors (Lipinski definition) is 2. The minimum absolute atomic E-state index is 0.246. The lowest BCUT2D eigenvalue weighted by atomic mass is 10.0. The first-order valence-electron chi connectivity index (χ1n) is 7.14. The summed E-state index contributed by atoms with van der Waals surface area (Å²) in [6, 6.07) is 2.64. The Balaban J connectivity index is 2.08. The van der Waals surface area contributed by atoms with Gasteiger partial charge in [0.1, 0.15) is 11.3 Å². The van der Waals surface area contributed by atoms with E-state index in [0.29, 0.717) is 23.8 Å². The van der Waals surface area contributed by atoms with Crippen molar-refractivity contribution in [3.63, 3.8) is 0 Å². The molecule has 0 radical (unpaired) electrons. The van der Waals surface area contributed by atoms with Crippen LogP contribution in [0.2, 0.25) is 0 Å². The van der Waals surface area contributed by atoms with Crippen LogP contribution in [0.5, 0.6) is 0 Å². The quantitative estimate of drug-likeness (QED) is 0.755. The summed E-state index contributed by atoms with van der Waals surface area (Å²) >= 11 is 8.13. The van der Waals surface area contributed by atoms with Gasteiger partial charge in [0.15, 0.2) is 11.6 Å². The van der Waals surface area contributed by atoms with Gasteiger partial charge in [-0.15, -0.1) is 11.6 Å². The fourth-order valence-electron chi connectivity index (χ4n) is 2.85. The molecule has 1 saturated heterocycles. The van der Waals surface area contributed by atoms with Gasteiger partial charge in [0.05, 0.1) is 10.9 Å². The van der Waals surface area contributed by atoms with E-state index in [9.17, 15) is 8.78 Å². The number of halogens is 3. The highest BCUT2D eigenvalue weighted by Gasteiger charge is 2.23. The van der Waals surface area contributed by atoms with Crippen LogP contribution in [0.25, 0.3) is 11.0 Å². The lowest BCUT2D eigenvalue weighted by Gasteiger charge is -2.23. The monoisotopic (exact) mass is 330 g/mol. The van der Waals surface area contributed by atoms with Gasteiger partial charge in [0.25, 0.3) is 0 Å². The third kappa shape index (κ3) is 2.90. The summed E-state index contributed by atoms with van der Waals surface area (Å²) in [6.07, 6.45) is 2.19. The summed E-state index contributed by atoms with van der Waals surface area (Å²) in [5, 5.41) is -0.335. The molecule has 1 fully saturated rings. The minimum Gasteiger partial charge on any atom is -0.324 e. The highest BCUT2D eigenvalue weighted by Crippen LogP contribution is 2.31. The van der Waals surface area contributed by atoms with Crippen LogP contribution < -0.4 is 0 Å². The summed E-state index contributed by atoms with van der Waals surface area (Å²) in [7, 11) is 0. The van der Waals surface area contributed by atoms with E-state index < -0.39 is 11.6 Å². The smallest absolute Gasteiger partial charge is 0.184 e. The predicted octanol–water partition coefficient (Wildman–Crippen LogP) is 4.76. The Bertz CT molecular complexity index is 651. The predicted molar refractivity (Wildman–Crippen MR) is 84.0 cm³/mol. The van der Waals surface area contributed by atoms with E-state index in [4.69, 9.17) is 11.6 Å². The molecular formula is C15H17ClF2N2S. The first kappa shape index (κ1) is 15.1. The molecule has 1 atom stereocenters. The van der Waals surface area contributed by atoms with Gasteiger partial charge in [0, 0.05) is 6.54 Å². The molecule has 0 spiro atoms. The molecular weight excluding hydrogens is 314 g/mol. The Kier molecular flexibility index (Phi) is 4.41. The van der Waals surface area contributed by atoms with Crippen LogP contribution in [0.1, 0.15) is 31.0 Å². The van der Waals surface area contributed by atoms with Gasteiger partial charge in [-0.05, 0) is 49.3 Å². The molecule has 0 saturated carbocycles. The lowest BCUT2D eigenvalue weighted by molar-refractivity contribution is 0.411. The zero-order valence-corrected chi connectivity index (χ0v) is 13.4. The first-order valence-corrected chi connectivity index (χ1v) is 8.73. The van der Waals surface area contributed by atoms with Crippen LogP contribution in [0.15, 0.2) is 12.1 Å². The second kappa shape index (κ2) is 6.13. The maximum Gasteiger partial charge on any atom is 0.184 e. The largest absolute Gasteiger partial charge is 0.324 e. The van der Waals surface area contributed by atoms with Crippen LogP contribution in [-0.2, 0) is 6.54 Å². The molecule has 0 aliphatic carbocycles. The van der Waals surface area contributed by atoms with E-state index in [1.54, 1.807) is 4.57 Å². The minimum atomic E-state index is -0.836. The molecule has 2 nitrogen and oxygen atoms in total. The summed E-state index contributed by atoms with van der Waals surface area (Å²) in [5.41, 5.74) is 0.720. The first-order chi connectivity index (χ1) is 10.1. The van der Waals surface area contributed by atoms with Crippen LogP contribution in [0, 0.1) is 17.6 Å². The molecule has 1 aromatic carbocycles. The van der Waals surface area contributed by atoms with Gasteiger partial charge in [-0.25, -0.2) is 13.8 Å². The van der Waals surface area contributed by atoms with Gasteiger partial charge < -0.3 is 4.57 Å². The molecule has 1 aliphatic heterocycles. The molecule has 3 rings (SSSR count). The number of fused-ring (bicyclic) bond motifs is 1. The fraction of sp³-hybridized carbons (Fsp3) is 0.533. The van der Waals surface area contributed by atoms with Crippen LogP contribution in [-0.4, -0.2) is 21.1 Å². The molecule has 1 unspecified atom stereocenters. The summed E-state index contributed by atoms with van der Waals surface area (Å²) < 4.78 is 29.6. The molecule has 0 bridgehead atoms. The van der Waals surface area contributed by atoms with E-state index in [-0.39, 0.29) is 10.9 Å². The highest BCUT2D eigenvalue weighted by molar-refractivity contribution is 7.99. The van der Waals surface area contributed by atoms with E-state index in [2.05, 4.69) is 4.98 Å². The molecule has 114 valence electrons. The number of thioether (sulfide) groups is 1. The number of benzene rings is 1. The van der Waals surface area contributed by atoms with Crippen molar-refractivity contribution < 1.29 is 8.78 Å². The van der Waals surface area contributed by atoms with Crippen molar-refractivity contribution in [1.29, 1.82) is 0 Å². The Hall–Kier alpha value is -0.810. The molecule has 21 heavy (non-hydrogen) atoms. The highest BCUT2D eigenvalue weighted by atomic mass is 35.5. The molecule has 0 N–H and O–H groups in total. The molecule has 2 heterocycles. The summed E-state index contributed by atoms with van der Waals surface area (Å²) in [4.78, 5) is 4.40. The van der Waals surface area contributed by atoms with Gasteiger partial charge in [0.2, 0.25) is 0 Å². The number of alkyl halides is 1. The second-order valence-corrected chi connectivity index (χ2v) is 7.36. The normalized spacial score (nSPS) is 18.3. The van der Waals surface area contributed by atoms with Crippen LogP contribution in [0.3, 0.4) is 0 Å². The maximum absolute atomic E-state index is 14.2. The Morgan fingerprint density at radius 3 is 2.76 bits per heavy atom. The summed E-state index contributed by atoms with van der Waals surface area (Å²) in [6.45, 7) is 2.47. The number of hydrogen-bond donors (Lipinski definition) is 0. The van der Waals surface area contributed by atoms with Crippen molar-refractivity contribution in [3.05, 3.63) is 29.6 Å². The number of rotatable bonds is 3. The molecule has 2 aromatic rings. The maximum atomic E-state index is 14.2. The van der Waals surface area contributed by atoms with Gasteiger partial charge in [-0.2, -0.15) is 11.8 Å². The second-order valence-electron chi connectivity index (χ2n) is 5.48. The van der Waals surface area contributed by atoms with Gasteiger partial charge in [-0.3, -0.25) is 0 Å². The molecule has 1 aliphatic rings. The SMILES string of the molecule is CC(Cl)c1nc2ccc(F)c(F)c2n1CC1CCSCC1. The topological polar surface area (TPSA) is 17.8 Å². The Morgan fingerprint density at radius 1 is 1.38 bits per heavy atom. The lowest BCUT2D eigenvalue weighted by Crippen LogP contribution is -2.18. The van der Waals surface area contributed by atoms with E-state index in [1.165, 1.54) is 6.07 Å². The standard InChI is InChI=1S/C15H17ClF2N2S/c1-9(16)15-19-12-3-2-11(17)13(18)14(12)20(15)8-10-4-6-21-7-5-10/h2-3,9-10H,4-8H2,1H3. The number of imidazole rings is 1. The zero-order valence-electron chi connectivity index (χ0n) is 11.8. The van der Waals surface area contributed by atoms with Crippen molar-refractivity contribution in [3.8, 4) is 0 Å². The average Bonchev–Trinajstić information content (AvgIpc) is 2.84. The van der Waals surface area contributed by atoms with Crippen LogP contribution in [0.4, 0.5) is 8.78 Å². The molecule has 6 heteroatoms. The molecule has 0 amide bonds. The third-order valence-electron chi connectivity index (χ3n) is 3.97. The van der Waals surface area contributed by atoms with Gasteiger partial charge >= 0.3 is 0 Å². The van der Waals surface area contributed by atoms with Crippen molar-refractivity contribution in [2.45, 2.75) is 31.7 Å². The van der Waals surface area contributed by atoms with E-state index in [1.807, 2.05) is 18.7 Å². The van der Waals surface area contributed by atoms with E-state index in [0.717, 1.165) is 30.4 Å². The van der Waals surface area contributed by atoms with Crippen molar-refractivity contribution >= 4 is 34.4 Å². The third-order valence-corrected chi connectivity index (χ3v) is 5.21. The van der Waals surface area contributed by atoms with Crippen molar-refractivity contribution in [2.75, 3.05) is 11.5 Å². The Morgan fingerprint density at radius 2 is 2.10 bits per heavy atom. The van der Waals surface area contributed by atoms with Crippen molar-refractivity contribution in [1.82, 2.24) is 9.55 Å². The number of aromatic nitrogens is 2. The fourth-order valence-corrected chi connectivity index (χ4v) is 4.22. The molecule has 1 aromatic heterocycles. The van der Waals surface area contributed by atoms with Crippen LogP contribution >= 0.6 is 23.4 Å². The van der Waals surface area contributed by atoms with Crippen molar-refractivity contribution in [2.24, 2.45) is 5.92 Å². The number of nitrogens with zero attached hydrogens (tertiary/aromatic N) is 2.